The van der Waals surface area contributed by atoms with E-state index in [2.05, 4.69) is 21.4 Å². The minimum Gasteiger partial charge on any atom is -0.301 e. The Bertz CT molecular complexity index is 312. The van der Waals surface area contributed by atoms with Crippen molar-refractivity contribution in [3.05, 3.63) is 33.3 Å². The summed E-state index contributed by atoms with van der Waals surface area (Å²) in [6.45, 7) is 0.754. The highest BCUT2D eigenvalue weighted by Crippen LogP contribution is 2.32. The molecule has 1 heterocycles. The summed E-state index contributed by atoms with van der Waals surface area (Å²) in [5, 5.41) is 0.742. The van der Waals surface area contributed by atoms with E-state index < -0.39 is 0 Å². The third-order valence-corrected chi connectivity index (χ3v) is 3.52. The Hall–Kier alpha value is -0.0900. The van der Waals surface area contributed by atoms with Gasteiger partial charge >= 0.3 is 0 Å². The molecule has 0 bridgehead atoms. The highest BCUT2D eigenvalue weighted by molar-refractivity contribution is 9.10. The van der Waals surface area contributed by atoms with Crippen molar-refractivity contribution in [1.82, 2.24) is 5.48 Å². The van der Waals surface area contributed by atoms with Crippen LogP contribution < -0.4 is 5.48 Å². The summed E-state index contributed by atoms with van der Waals surface area (Å²) in [4.78, 5) is 5.09. The van der Waals surface area contributed by atoms with Gasteiger partial charge in [-0.2, -0.15) is 5.48 Å². The lowest BCUT2D eigenvalue weighted by atomic mass is 10.1. The van der Waals surface area contributed by atoms with Crippen LogP contribution in [0.1, 0.15) is 18.0 Å². The molecule has 0 amide bonds. The molecule has 1 aliphatic heterocycles. The largest absolute Gasteiger partial charge is 0.301 e. The molecule has 1 aromatic rings. The van der Waals surface area contributed by atoms with E-state index >= 15 is 0 Å². The summed E-state index contributed by atoms with van der Waals surface area (Å²) in [6.07, 6.45) is 0.985. The fourth-order valence-electron chi connectivity index (χ4n) is 1.40. The van der Waals surface area contributed by atoms with Crippen LogP contribution in [-0.4, -0.2) is 6.61 Å². The maximum atomic E-state index is 5.98. The van der Waals surface area contributed by atoms with E-state index in [4.69, 9.17) is 16.4 Å². The summed E-state index contributed by atoms with van der Waals surface area (Å²) in [6, 6.07) is 6.11. The number of benzene rings is 1. The summed E-state index contributed by atoms with van der Waals surface area (Å²) in [5.41, 5.74) is 4.11. The van der Waals surface area contributed by atoms with Crippen LogP contribution in [0.15, 0.2) is 22.7 Å². The zero-order valence-electron chi connectivity index (χ0n) is 6.89. The maximum Gasteiger partial charge on any atom is 0.0701 e. The van der Waals surface area contributed by atoms with E-state index in [1.807, 2.05) is 18.2 Å². The lowest BCUT2D eigenvalue weighted by Gasteiger charge is -2.11. The van der Waals surface area contributed by atoms with Gasteiger partial charge in [-0.15, -0.1) is 0 Å². The van der Waals surface area contributed by atoms with Crippen LogP contribution in [0.25, 0.3) is 0 Å². The average molecular weight is 263 g/mol. The molecule has 1 saturated heterocycles. The molecule has 4 heteroatoms. The van der Waals surface area contributed by atoms with Gasteiger partial charge in [-0.1, -0.05) is 23.7 Å². The highest BCUT2D eigenvalue weighted by Gasteiger charge is 2.20. The zero-order chi connectivity index (χ0) is 9.26. The van der Waals surface area contributed by atoms with Crippen LogP contribution >= 0.6 is 27.5 Å². The second-order valence-corrected chi connectivity index (χ2v) is 4.15. The van der Waals surface area contributed by atoms with Crippen molar-refractivity contribution in [3.63, 3.8) is 0 Å². The van der Waals surface area contributed by atoms with Gasteiger partial charge in [0, 0.05) is 4.47 Å². The number of hydrogen-bond acceptors (Lipinski definition) is 2. The van der Waals surface area contributed by atoms with Gasteiger partial charge in [0.1, 0.15) is 0 Å². The van der Waals surface area contributed by atoms with Crippen molar-refractivity contribution in [2.75, 3.05) is 6.61 Å². The molecular weight excluding hydrogens is 253 g/mol. The van der Waals surface area contributed by atoms with Crippen molar-refractivity contribution >= 4 is 27.5 Å². The fraction of sp³-hybridized carbons (Fsp3) is 0.333. The minimum absolute atomic E-state index is 0.257. The van der Waals surface area contributed by atoms with E-state index in [-0.39, 0.29) is 6.04 Å². The Kier molecular flexibility index (Phi) is 2.89. The molecule has 13 heavy (non-hydrogen) atoms. The number of hydrogen-bond donors (Lipinski definition) is 1. The van der Waals surface area contributed by atoms with Crippen molar-refractivity contribution < 1.29 is 4.84 Å². The van der Waals surface area contributed by atoms with Crippen molar-refractivity contribution in [3.8, 4) is 0 Å². The molecule has 0 aliphatic carbocycles. The smallest absolute Gasteiger partial charge is 0.0701 e. The summed E-state index contributed by atoms with van der Waals surface area (Å²) < 4.78 is 0.958. The predicted octanol–water partition coefficient (Wildman–Crippen LogP) is 3.07. The van der Waals surface area contributed by atoms with Crippen molar-refractivity contribution in [2.45, 2.75) is 12.5 Å². The summed E-state index contributed by atoms with van der Waals surface area (Å²) in [5.74, 6) is 0. The molecular formula is C9H9BrClNO. The highest BCUT2D eigenvalue weighted by atomic mass is 79.9. The number of hydroxylamine groups is 1. The molecule has 1 aromatic carbocycles. The molecule has 0 spiro atoms. The first kappa shape index (κ1) is 9.46. The van der Waals surface area contributed by atoms with E-state index in [0.717, 1.165) is 28.1 Å². The fourth-order valence-corrected chi connectivity index (χ4v) is 2.13. The second-order valence-electron chi connectivity index (χ2n) is 2.95. The van der Waals surface area contributed by atoms with Crippen LogP contribution in [-0.2, 0) is 4.84 Å². The van der Waals surface area contributed by atoms with Crippen LogP contribution in [0.3, 0.4) is 0 Å². The first-order valence-corrected chi connectivity index (χ1v) is 5.27. The third-order valence-electron chi connectivity index (χ3n) is 2.09. The lowest BCUT2D eigenvalue weighted by molar-refractivity contribution is 0.0882. The summed E-state index contributed by atoms with van der Waals surface area (Å²) >= 11 is 9.44. The molecule has 1 atom stereocenters. The van der Waals surface area contributed by atoms with Crippen molar-refractivity contribution in [1.29, 1.82) is 0 Å². The SMILES string of the molecule is Clc1cccc(C2CCON2)c1Br. The lowest BCUT2D eigenvalue weighted by Crippen LogP contribution is -2.11. The predicted molar refractivity (Wildman–Crippen MR) is 55.6 cm³/mol. The van der Waals surface area contributed by atoms with Gasteiger partial charge < -0.3 is 4.84 Å². The van der Waals surface area contributed by atoms with Gasteiger partial charge in [0.05, 0.1) is 17.7 Å². The molecule has 1 aliphatic rings. The Morgan fingerprint density at radius 1 is 1.54 bits per heavy atom. The van der Waals surface area contributed by atoms with Gasteiger partial charge in [-0.05, 0) is 34.0 Å². The molecule has 0 aromatic heterocycles. The first-order valence-electron chi connectivity index (χ1n) is 4.10. The molecule has 0 radical (unpaired) electrons. The molecule has 2 rings (SSSR count). The normalized spacial score (nSPS) is 22.2. The molecule has 1 N–H and O–H groups in total. The quantitative estimate of drug-likeness (QED) is 0.840. The van der Waals surface area contributed by atoms with Gasteiger partial charge in [-0.3, -0.25) is 0 Å². The van der Waals surface area contributed by atoms with E-state index in [1.165, 1.54) is 0 Å². The topological polar surface area (TPSA) is 21.3 Å². The summed E-state index contributed by atoms with van der Waals surface area (Å²) in [7, 11) is 0. The Morgan fingerprint density at radius 2 is 2.38 bits per heavy atom. The van der Waals surface area contributed by atoms with E-state index in [1.54, 1.807) is 0 Å². The number of rotatable bonds is 1. The van der Waals surface area contributed by atoms with Gasteiger partial charge in [0.15, 0.2) is 0 Å². The van der Waals surface area contributed by atoms with Crippen LogP contribution in [0.2, 0.25) is 5.02 Å². The standard InChI is InChI=1S/C9H9BrClNO/c10-9-6(2-1-3-7(9)11)8-4-5-13-12-8/h1-3,8,12H,4-5H2. The van der Waals surface area contributed by atoms with Crippen molar-refractivity contribution in [2.24, 2.45) is 0 Å². The number of halogens is 2. The maximum absolute atomic E-state index is 5.98. The number of nitrogens with one attached hydrogen (secondary N) is 1. The van der Waals surface area contributed by atoms with Crippen LogP contribution in [0.5, 0.6) is 0 Å². The second kappa shape index (κ2) is 3.96. The van der Waals surface area contributed by atoms with Gasteiger partial charge in [-0.25, -0.2) is 0 Å². The molecule has 1 unspecified atom stereocenters. The van der Waals surface area contributed by atoms with Gasteiger partial charge in [0.2, 0.25) is 0 Å². The molecule has 1 fully saturated rings. The monoisotopic (exact) mass is 261 g/mol. The Balaban J connectivity index is 2.33. The van der Waals surface area contributed by atoms with Crippen LogP contribution in [0, 0.1) is 0 Å². The molecule has 70 valence electrons. The Labute approximate surface area is 90.3 Å². The van der Waals surface area contributed by atoms with Crippen LogP contribution in [0.4, 0.5) is 0 Å². The first-order chi connectivity index (χ1) is 6.29. The molecule has 2 nitrogen and oxygen atoms in total. The minimum atomic E-state index is 0.257. The van der Waals surface area contributed by atoms with E-state index in [0.29, 0.717) is 0 Å². The molecule has 0 saturated carbocycles. The average Bonchev–Trinajstić information content (AvgIpc) is 2.62. The third kappa shape index (κ3) is 1.89. The zero-order valence-corrected chi connectivity index (χ0v) is 9.23. The Morgan fingerprint density at radius 3 is 3.08 bits per heavy atom. The van der Waals surface area contributed by atoms with Gasteiger partial charge in [0.25, 0.3) is 0 Å². The van der Waals surface area contributed by atoms with E-state index in [9.17, 15) is 0 Å².